The van der Waals surface area contributed by atoms with Crippen molar-refractivity contribution in [2.24, 2.45) is 0 Å². The van der Waals surface area contributed by atoms with E-state index in [0.717, 1.165) is 18.2 Å². The number of carbonyl (C=O) groups is 2. The first-order valence-corrected chi connectivity index (χ1v) is 5.50. The van der Waals surface area contributed by atoms with E-state index in [-0.39, 0.29) is 11.8 Å². The first kappa shape index (κ1) is 16.3. The van der Waals surface area contributed by atoms with Crippen LogP contribution in [0.2, 0.25) is 0 Å². The minimum atomic E-state index is -5.30. The van der Waals surface area contributed by atoms with Crippen LogP contribution in [0.5, 0.6) is 5.75 Å². The van der Waals surface area contributed by atoms with Gasteiger partial charge in [0.05, 0.1) is 4.90 Å². The molecule has 0 aliphatic heterocycles. The van der Waals surface area contributed by atoms with Crippen LogP contribution in [0.4, 0.5) is 26.3 Å². The minimum Gasteiger partial charge on any atom is -0.419 e. The Labute approximate surface area is 111 Å². The lowest BCUT2D eigenvalue weighted by atomic mass is 10.3. The number of rotatable bonds is 2. The van der Waals surface area contributed by atoms with Crippen LogP contribution in [-0.4, -0.2) is 23.4 Å². The van der Waals surface area contributed by atoms with Crippen LogP contribution in [0.1, 0.15) is 0 Å². The van der Waals surface area contributed by atoms with Crippen molar-refractivity contribution in [2.75, 3.05) is 0 Å². The van der Waals surface area contributed by atoms with Gasteiger partial charge in [0.2, 0.25) is 0 Å². The number of esters is 1. The van der Waals surface area contributed by atoms with Crippen LogP contribution in [0, 0.1) is 0 Å². The van der Waals surface area contributed by atoms with Crippen molar-refractivity contribution < 1.29 is 40.7 Å². The van der Waals surface area contributed by atoms with Gasteiger partial charge in [0, 0.05) is 0 Å². The molecule has 20 heavy (non-hydrogen) atoms. The summed E-state index contributed by atoms with van der Waals surface area (Å²) < 4.78 is 76.1. The molecule has 0 N–H and O–H groups in total. The van der Waals surface area contributed by atoms with Gasteiger partial charge in [-0.25, -0.2) is 4.79 Å². The number of hydrogen-bond acceptors (Lipinski definition) is 4. The van der Waals surface area contributed by atoms with Gasteiger partial charge in [-0.05, 0) is 23.9 Å². The number of halogens is 6. The fraction of sp³-hybridized carbons (Fsp3) is 0.200. The molecule has 0 spiro atoms. The van der Waals surface area contributed by atoms with Gasteiger partial charge in [0.1, 0.15) is 5.75 Å². The van der Waals surface area contributed by atoms with Gasteiger partial charge in [-0.2, -0.15) is 26.3 Å². The van der Waals surface area contributed by atoms with Crippen LogP contribution >= 0.6 is 11.8 Å². The molecule has 3 nitrogen and oxygen atoms in total. The summed E-state index contributed by atoms with van der Waals surface area (Å²) in [4.78, 5) is 20.8. The molecule has 0 saturated heterocycles. The van der Waals surface area contributed by atoms with Crippen LogP contribution in [0.15, 0.2) is 29.2 Å². The number of para-hydroxylation sites is 1. The highest BCUT2D eigenvalue weighted by Gasteiger charge is 2.42. The fourth-order valence-electron chi connectivity index (χ4n) is 0.934. The van der Waals surface area contributed by atoms with Gasteiger partial charge in [-0.15, -0.1) is 0 Å². The molecule has 110 valence electrons. The molecule has 0 aliphatic rings. The second kappa shape index (κ2) is 5.73. The zero-order valence-corrected chi connectivity index (χ0v) is 10.0. The van der Waals surface area contributed by atoms with Gasteiger partial charge in [-0.1, -0.05) is 12.1 Å². The summed E-state index contributed by atoms with van der Waals surface area (Å²) in [7, 11) is 0. The summed E-state index contributed by atoms with van der Waals surface area (Å²) in [5.74, 6) is -3.37. The second-order valence-corrected chi connectivity index (χ2v) is 4.24. The van der Waals surface area contributed by atoms with E-state index in [1.165, 1.54) is 6.07 Å². The molecule has 0 bridgehead atoms. The molecule has 0 unspecified atom stereocenters. The molecule has 0 radical (unpaired) electrons. The van der Waals surface area contributed by atoms with Crippen molar-refractivity contribution in [1.82, 2.24) is 0 Å². The van der Waals surface area contributed by atoms with Crippen molar-refractivity contribution in [3.05, 3.63) is 24.3 Å². The van der Waals surface area contributed by atoms with Crippen molar-refractivity contribution in [3.63, 3.8) is 0 Å². The van der Waals surface area contributed by atoms with E-state index in [9.17, 15) is 35.9 Å². The number of thioether (sulfide) groups is 1. The molecule has 0 atom stereocenters. The predicted octanol–water partition coefficient (Wildman–Crippen LogP) is 3.34. The summed E-state index contributed by atoms with van der Waals surface area (Å²) in [6.45, 7) is 0. The van der Waals surface area contributed by atoms with Crippen LogP contribution < -0.4 is 4.74 Å². The smallest absolute Gasteiger partial charge is 0.419 e. The van der Waals surface area contributed by atoms with Crippen molar-refractivity contribution in [1.29, 1.82) is 0 Å². The first-order chi connectivity index (χ1) is 9.01. The number of alkyl halides is 6. The fourth-order valence-corrected chi connectivity index (χ4v) is 1.61. The summed E-state index contributed by atoms with van der Waals surface area (Å²) in [5.41, 5.74) is 0. The SMILES string of the molecule is O=C(Oc1ccccc1SC(=O)C(F)(F)F)C(F)(F)F. The summed E-state index contributed by atoms with van der Waals surface area (Å²) in [5, 5.41) is -2.24. The molecular formula is C10H4F6O3S. The average molecular weight is 318 g/mol. The third kappa shape index (κ3) is 4.44. The molecule has 0 aromatic heterocycles. The van der Waals surface area contributed by atoms with Gasteiger partial charge in [0.15, 0.2) is 0 Å². The van der Waals surface area contributed by atoms with Crippen molar-refractivity contribution in [2.45, 2.75) is 17.2 Å². The monoisotopic (exact) mass is 318 g/mol. The molecule has 1 aromatic rings. The molecule has 1 rings (SSSR count). The van der Waals surface area contributed by atoms with Crippen LogP contribution in [0.3, 0.4) is 0 Å². The first-order valence-electron chi connectivity index (χ1n) is 4.69. The van der Waals surface area contributed by atoms with Gasteiger partial charge >= 0.3 is 18.3 Å². The molecule has 0 heterocycles. The molecular weight excluding hydrogens is 314 g/mol. The lowest BCUT2D eigenvalue weighted by Gasteiger charge is -2.11. The van der Waals surface area contributed by atoms with E-state index >= 15 is 0 Å². The van der Waals surface area contributed by atoms with E-state index in [0.29, 0.717) is 0 Å². The zero-order valence-electron chi connectivity index (χ0n) is 9.21. The van der Waals surface area contributed by atoms with E-state index in [4.69, 9.17) is 0 Å². The maximum atomic E-state index is 12.1. The van der Waals surface area contributed by atoms with Crippen LogP contribution in [0.25, 0.3) is 0 Å². The molecule has 10 heteroatoms. The highest BCUT2D eigenvalue weighted by Crippen LogP contribution is 2.35. The van der Waals surface area contributed by atoms with E-state index < -0.39 is 34.1 Å². The Morgan fingerprint density at radius 2 is 1.50 bits per heavy atom. The van der Waals surface area contributed by atoms with Crippen LogP contribution in [-0.2, 0) is 9.59 Å². The number of carbonyl (C=O) groups excluding carboxylic acids is 2. The highest BCUT2D eigenvalue weighted by molar-refractivity contribution is 8.13. The topological polar surface area (TPSA) is 43.4 Å². The molecule has 1 aromatic carbocycles. The number of ether oxygens (including phenoxy) is 1. The molecule has 0 saturated carbocycles. The second-order valence-electron chi connectivity index (χ2n) is 3.22. The van der Waals surface area contributed by atoms with E-state index in [1.807, 2.05) is 0 Å². The maximum absolute atomic E-state index is 12.1. The van der Waals surface area contributed by atoms with Gasteiger partial charge in [0.25, 0.3) is 5.12 Å². The Balaban J connectivity index is 2.95. The van der Waals surface area contributed by atoms with Gasteiger partial charge in [-0.3, -0.25) is 4.79 Å². The summed E-state index contributed by atoms with van der Waals surface area (Å²) in [6, 6.07) is 4.08. The highest BCUT2D eigenvalue weighted by atomic mass is 32.2. The Hall–Kier alpha value is -1.71. The lowest BCUT2D eigenvalue weighted by molar-refractivity contribution is -0.189. The van der Waals surface area contributed by atoms with Crippen molar-refractivity contribution in [3.8, 4) is 5.75 Å². The van der Waals surface area contributed by atoms with Gasteiger partial charge < -0.3 is 4.74 Å². The normalized spacial score (nSPS) is 12.1. The quantitative estimate of drug-likeness (QED) is 0.363. The Bertz CT molecular complexity index is 475. The Morgan fingerprint density at radius 1 is 0.950 bits per heavy atom. The molecule has 0 fully saturated rings. The third-order valence-electron chi connectivity index (χ3n) is 1.72. The third-order valence-corrected chi connectivity index (χ3v) is 2.69. The number of hydrogen-bond donors (Lipinski definition) is 0. The Morgan fingerprint density at radius 3 is 2.00 bits per heavy atom. The largest absolute Gasteiger partial charge is 0.491 e. The predicted molar refractivity (Wildman–Crippen MR) is 55.1 cm³/mol. The molecule has 0 amide bonds. The van der Waals surface area contributed by atoms with E-state index in [1.54, 1.807) is 0 Å². The average Bonchev–Trinajstić information content (AvgIpc) is 2.29. The molecule has 0 aliphatic carbocycles. The van der Waals surface area contributed by atoms with E-state index in [2.05, 4.69) is 4.74 Å². The Kier molecular flexibility index (Phi) is 4.69. The van der Waals surface area contributed by atoms with Crippen molar-refractivity contribution >= 4 is 22.8 Å². The standard InChI is InChI=1S/C10H4F6O3S/c11-9(12,13)7(17)19-5-3-1-2-4-6(5)20-8(18)10(14,15)16/h1-4H. The number of benzene rings is 1. The maximum Gasteiger partial charge on any atom is 0.491 e. The lowest BCUT2D eigenvalue weighted by Crippen LogP contribution is -2.28. The minimum absolute atomic E-state index is 0.379. The zero-order chi connectivity index (χ0) is 15.6. The summed E-state index contributed by atoms with van der Waals surface area (Å²) in [6.07, 6.45) is -10.5. The summed E-state index contributed by atoms with van der Waals surface area (Å²) >= 11 is -0.379.